The van der Waals surface area contributed by atoms with Crippen molar-refractivity contribution < 1.29 is 9.90 Å². The van der Waals surface area contributed by atoms with Gasteiger partial charge in [0.15, 0.2) is 0 Å². The summed E-state index contributed by atoms with van der Waals surface area (Å²) in [4.78, 5) is 12.0. The van der Waals surface area contributed by atoms with Crippen LogP contribution in [0.15, 0.2) is 24.3 Å². The average Bonchev–Trinajstić information content (AvgIpc) is 2.83. The van der Waals surface area contributed by atoms with Gasteiger partial charge in [0.2, 0.25) is 0 Å². The highest BCUT2D eigenvalue weighted by Gasteiger charge is 2.25. The molecule has 20 heavy (non-hydrogen) atoms. The Labute approximate surface area is 124 Å². The average molecular weight is 297 g/mol. The molecule has 0 radical (unpaired) electrons. The lowest BCUT2D eigenvalue weighted by molar-refractivity contribution is 0.212. The number of halogens is 1. The fraction of sp³-hybridized carbons (Fsp3) is 0.533. The summed E-state index contributed by atoms with van der Waals surface area (Å²) in [5, 5.41) is 15.9. The second-order valence-electron chi connectivity index (χ2n) is 5.42. The first-order valence-electron chi connectivity index (χ1n) is 7.03. The molecular weight excluding hydrogens is 276 g/mol. The van der Waals surface area contributed by atoms with E-state index in [1.807, 2.05) is 12.1 Å². The Hall–Kier alpha value is -1.26. The number of urea groups is 1. The van der Waals surface area contributed by atoms with Gasteiger partial charge in [-0.15, -0.1) is 0 Å². The summed E-state index contributed by atoms with van der Waals surface area (Å²) in [5.41, 5.74) is 0.839. The van der Waals surface area contributed by atoms with E-state index in [0.717, 1.165) is 24.8 Å². The van der Waals surface area contributed by atoms with Crippen molar-refractivity contribution in [1.29, 1.82) is 0 Å². The van der Waals surface area contributed by atoms with Crippen LogP contribution in [0.2, 0.25) is 5.02 Å². The minimum absolute atomic E-state index is 0.144. The number of aliphatic hydroxyl groups excluding tert-OH is 1. The van der Waals surface area contributed by atoms with Crippen LogP contribution in [-0.2, 0) is 0 Å². The van der Waals surface area contributed by atoms with E-state index < -0.39 is 6.04 Å². The van der Waals surface area contributed by atoms with E-state index in [2.05, 4.69) is 17.6 Å². The van der Waals surface area contributed by atoms with Crippen LogP contribution >= 0.6 is 11.6 Å². The van der Waals surface area contributed by atoms with Gasteiger partial charge >= 0.3 is 6.03 Å². The van der Waals surface area contributed by atoms with E-state index in [4.69, 9.17) is 11.6 Å². The summed E-state index contributed by atoms with van der Waals surface area (Å²) in [6.07, 6.45) is 3.34. The number of nitrogens with one attached hydrogen (secondary N) is 2. The zero-order valence-corrected chi connectivity index (χ0v) is 12.4. The molecule has 110 valence electrons. The third kappa shape index (κ3) is 3.87. The summed E-state index contributed by atoms with van der Waals surface area (Å²) >= 11 is 5.83. The van der Waals surface area contributed by atoms with E-state index >= 15 is 0 Å². The van der Waals surface area contributed by atoms with Crippen LogP contribution in [0.3, 0.4) is 0 Å². The molecule has 5 heteroatoms. The number of benzene rings is 1. The van der Waals surface area contributed by atoms with Crippen LogP contribution in [0.5, 0.6) is 0 Å². The molecule has 1 aromatic carbocycles. The lowest BCUT2D eigenvalue weighted by atomic mass is 10.1. The summed E-state index contributed by atoms with van der Waals surface area (Å²) in [6.45, 7) is 2.01. The van der Waals surface area contributed by atoms with Gasteiger partial charge in [0.25, 0.3) is 0 Å². The molecule has 1 fully saturated rings. The van der Waals surface area contributed by atoms with Crippen molar-refractivity contribution in [3.05, 3.63) is 34.9 Å². The van der Waals surface area contributed by atoms with Gasteiger partial charge in [0.05, 0.1) is 12.6 Å². The third-order valence-electron chi connectivity index (χ3n) is 3.94. The molecule has 3 unspecified atom stereocenters. The molecule has 4 nitrogen and oxygen atoms in total. The van der Waals surface area contributed by atoms with E-state index in [0.29, 0.717) is 10.9 Å². The maximum atomic E-state index is 12.0. The standard InChI is InChI=1S/C15H21ClN2O2/c1-10-3-2-4-13(10)17-15(20)18-14(9-19)11-5-7-12(16)8-6-11/h5-8,10,13-14,19H,2-4,9H2,1H3,(H2,17,18,20). The molecule has 3 N–H and O–H groups in total. The van der Waals surface area contributed by atoms with Crippen molar-refractivity contribution in [1.82, 2.24) is 10.6 Å². The predicted octanol–water partition coefficient (Wildman–Crippen LogP) is 2.86. The number of hydrogen-bond donors (Lipinski definition) is 3. The molecule has 2 rings (SSSR count). The highest BCUT2D eigenvalue weighted by Crippen LogP contribution is 2.24. The Morgan fingerprint density at radius 1 is 1.40 bits per heavy atom. The van der Waals surface area contributed by atoms with Crippen LogP contribution in [0.1, 0.15) is 37.8 Å². The SMILES string of the molecule is CC1CCCC1NC(=O)NC(CO)c1ccc(Cl)cc1. The van der Waals surface area contributed by atoms with Gasteiger partial charge in [0, 0.05) is 11.1 Å². The van der Waals surface area contributed by atoms with Crippen LogP contribution in [0.4, 0.5) is 4.79 Å². The van der Waals surface area contributed by atoms with E-state index in [1.165, 1.54) is 0 Å². The number of amides is 2. The lowest BCUT2D eigenvalue weighted by Crippen LogP contribution is -2.45. The molecule has 3 atom stereocenters. The van der Waals surface area contributed by atoms with Crippen molar-refractivity contribution in [3.63, 3.8) is 0 Å². The smallest absolute Gasteiger partial charge is 0.315 e. The minimum Gasteiger partial charge on any atom is -0.394 e. The molecule has 0 aliphatic heterocycles. The predicted molar refractivity (Wildman–Crippen MR) is 79.7 cm³/mol. The molecule has 1 aliphatic carbocycles. The Morgan fingerprint density at radius 2 is 2.10 bits per heavy atom. The first kappa shape index (κ1) is 15.1. The Morgan fingerprint density at radius 3 is 2.65 bits per heavy atom. The Bertz CT molecular complexity index is 450. The number of aliphatic hydroxyl groups is 1. The molecule has 0 bridgehead atoms. The van der Waals surface area contributed by atoms with Gasteiger partial charge in [-0.2, -0.15) is 0 Å². The molecule has 0 saturated heterocycles. The first-order chi connectivity index (χ1) is 9.60. The van der Waals surface area contributed by atoms with Crippen molar-refractivity contribution >= 4 is 17.6 Å². The van der Waals surface area contributed by atoms with E-state index in [-0.39, 0.29) is 18.7 Å². The van der Waals surface area contributed by atoms with Crippen molar-refractivity contribution in [3.8, 4) is 0 Å². The summed E-state index contributed by atoms with van der Waals surface area (Å²) in [7, 11) is 0. The number of hydrogen-bond acceptors (Lipinski definition) is 2. The zero-order chi connectivity index (χ0) is 14.5. The number of rotatable bonds is 4. The van der Waals surface area contributed by atoms with Crippen molar-refractivity contribution in [2.24, 2.45) is 5.92 Å². The Balaban J connectivity index is 1.92. The quantitative estimate of drug-likeness (QED) is 0.800. The van der Waals surface area contributed by atoms with Gasteiger partial charge in [-0.3, -0.25) is 0 Å². The molecule has 1 saturated carbocycles. The third-order valence-corrected chi connectivity index (χ3v) is 4.19. The fourth-order valence-electron chi connectivity index (χ4n) is 2.66. The molecule has 0 aromatic heterocycles. The molecule has 1 aromatic rings. The Kier molecular flexibility index (Phi) is 5.26. The topological polar surface area (TPSA) is 61.4 Å². The van der Waals surface area contributed by atoms with E-state index in [1.54, 1.807) is 12.1 Å². The summed E-state index contributed by atoms with van der Waals surface area (Å²) in [5.74, 6) is 0.517. The van der Waals surface area contributed by atoms with Crippen LogP contribution < -0.4 is 10.6 Å². The van der Waals surface area contributed by atoms with Crippen LogP contribution in [0, 0.1) is 5.92 Å². The normalized spacial score (nSPS) is 23.4. The van der Waals surface area contributed by atoms with Gasteiger partial charge in [-0.05, 0) is 36.5 Å². The number of carbonyl (C=O) groups is 1. The van der Waals surface area contributed by atoms with Gasteiger partial charge < -0.3 is 15.7 Å². The monoisotopic (exact) mass is 296 g/mol. The lowest BCUT2D eigenvalue weighted by Gasteiger charge is -2.21. The molecule has 2 amide bonds. The second-order valence-corrected chi connectivity index (χ2v) is 5.86. The molecule has 0 heterocycles. The molecule has 1 aliphatic rings. The van der Waals surface area contributed by atoms with Gasteiger partial charge in [-0.1, -0.05) is 37.1 Å². The van der Waals surface area contributed by atoms with Gasteiger partial charge in [0.1, 0.15) is 0 Å². The zero-order valence-electron chi connectivity index (χ0n) is 11.6. The first-order valence-corrected chi connectivity index (χ1v) is 7.41. The van der Waals surface area contributed by atoms with Gasteiger partial charge in [-0.25, -0.2) is 4.79 Å². The maximum absolute atomic E-state index is 12.0. The van der Waals surface area contributed by atoms with Crippen molar-refractivity contribution in [2.45, 2.75) is 38.3 Å². The highest BCUT2D eigenvalue weighted by molar-refractivity contribution is 6.30. The second kappa shape index (κ2) is 6.95. The minimum atomic E-state index is -0.413. The fourth-order valence-corrected chi connectivity index (χ4v) is 2.78. The van der Waals surface area contributed by atoms with Crippen molar-refractivity contribution in [2.75, 3.05) is 6.61 Å². The molecule has 0 spiro atoms. The van der Waals surface area contributed by atoms with E-state index in [9.17, 15) is 9.90 Å². The summed E-state index contributed by atoms with van der Waals surface area (Å²) in [6, 6.07) is 6.71. The largest absolute Gasteiger partial charge is 0.394 e. The highest BCUT2D eigenvalue weighted by atomic mass is 35.5. The maximum Gasteiger partial charge on any atom is 0.315 e. The van der Waals surface area contributed by atoms with Crippen LogP contribution in [-0.4, -0.2) is 23.8 Å². The summed E-state index contributed by atoms with van der Waals surface area (Å²) < 4.78 is 0. The number of carbonyl (C=O) groups excluding carboxylic acids is 1. The molecular formula is C15H21ClN2O2. The van der Waals surface area contributed by atoms with Crippen LogP contribution in [0.25, 0.3) is 0 Å².